The Morgan fingerprint density at radius 3 is 2.20 bits per heavy atom. The Morgan fingerprint density at radius 2 is 1.59 bits per heavy atom. The highest BCUT2D eigenvalue weighted by molar-refractivity contribution is 5.92. The summed E-state index contributed by atoms with van der Waals surface area (Å²) < 4.78 is 34.1. The smallest absolute Gasteiger partial charge is 0.318 e. The third kappa shape index (κ3) is 5.86. The number of fused-ring (bicyclic) bond motifs is 6. The number of amides is 2. The molecule has 8 atom stereocenters. The van der Waals surface area contributed by atoms with Crippen molar-refractivity contribution in [2.24, 2.45) is 50.7 Å². The monoisotopic (exact) mass is 716 g/mol. The number of urea groups is 1. The molecule has 0 aromatic rings. The maximum Gasteiger partial charge on any atom is 0.318 e. The number of carbonyl (C=O) groups is 4. The molecule has 6 aliphatic rings. The third-order valence-corrected chi connectivity index (χ3v) is 15.9. The number of carboxylic acids is 1. The van der Waals surface area contributed by atoms with Crippen LogP contribution in [0.4, 0.5) is 13.6 Å². The van der Waals surface area contributed by atoms with Crippen LogP contribution in [0.3, 0.4) is 0 Å². The van der Waals surface area contributed by atoms with Crippen LogP contribution in [0, 0.1) is 50.7 Å². The molecule has 5 aliphatic carbocycles. The number of esters is 1. The lowest BCUT2D eigenvalue weighted by atomic mass is 9.34. The van der Waals surface area contributed by atoms with Crippen molar-refractivity contribution in [3.8, 4) is 0 Å². The fourth-order valence-corrected chi connectivity index (χ4v) is 12.8. The molecule has 1 heterocycles. The minimum Gasteiger partial charge on any atom is -0.481 e. The number of piperidine rings is 1. The Morgan fingerprint density at radius 1 is 0.941 bits per heavy atom. The Labute approximate surface area is 303 Å². The number of carboxylic acid groups (broad SMARTS) is 1. The number of likely N-dealkylation sites (tertiary alicyclic amines) is 1. The summed E-state index contributed by atoms with van der Waals surface area (Å²) in [5.74, 6) is -3.51. The second-order valence-electron chi connectivity index (χ2n) is 19.8. The van der Waals surface area contributed by atoms with Crippen LogP contribution in [-0.2, 0) is 19.1 Å². The van der Waals surface area contributed by atoms with Crippen LogP contribution >= 0.6 is 0 Å². The molecule has 51 heavy (non-hydrogen) atoms. The molecule has 10 heteroatoms. The molecule has 0 aromatic heterocycles. The number of carbonyl (C=O) groups excluding carboxylic acids is 3. The number of allylic oxidation sites excluding steroid dienone is 1. The molecular formula is C41H62F2N2O6. The van der Waals surface area contributed by atoms with Crippen LogP contribution in [0.1, 0.15) is 139 Å². The lowest BCUT2D eigenvalue weighted by Crippen LogP contribution is -2.65. The number of aliphatic carboxylic acids is 1. The van der Waals surface area contributed by atoms with Gasteiger partial charge in [0.2, 0.25) is 0 Å². The van der Waals surface area contributed by atoms with E-state index in [1.807, 2.05) is 0 Å². The Hall–Kier alpha value is -2.52. The number of hydrogen-bond donors (Lipinski definition) is 2. The van der Waals surface area contributed by atoms with Gasteiger partial charge < -0.3 is 20.1 Å². The summed E-state index contributed by atoms with van der Waals surface area (Å²) >= 11 is 0. The Kier molecular flexibility index (Phi) is 9.18. The average molecular weight is 717 g/mol. The molecule has 0 radical (unpaired) electrons. The maximum absolute atomic E-state index is 14.0. The van der Waals surface area contributed by atoms with Gasteiger partial charge in [0.05, 0.1) is 17.4 Å². The summed E-state index contributed by atoms with van der Waals surface area (Å²) in [5, 5.41) is 12.9. The Bertz CT molecular complexity index is 1510. The lowest BCUT2D eigenvalue weighted by Gasteiger charge is -2.70. The van der Waals surface area contributed by atoms with Crippen LogP contribution in [0.5, 0.6) is 0 Å². The summed E-state index contributed by atoms with van der Waals surface area (Å²) in [6.45, 7) is 19.2. The van der Waals surface area contributed by atoms with Gasteiger partial charge in [-0.3, -0.25) is 14.4 Å². The first kappa shape index (κ1) is 38.2. The fraction of sp³-hybridized carbons (Fsp3) is 0.854. The molecule has 0 spiro atoms. The summed E-state index contributed by atoms with van der Waals surface area (Å²) in [5.41, 5.74) is 0.00155. The van der Waals surface area contributed by atoms with Crippen molar-refractivity contribution in [2.75, 3.05) is 13.1 Å². The van der Waals surface area contributed by atoms with E-state index in [1.165, 1.54) is 10.5 Å². The first-order valence-corrected chi connectivity index (χ1v) is 19.6. The molecule has 286 valence electrons. The van der Waals surface area contributed by atoms with Crippen molar-refractivity contribution in [3.05, 3.63) is 11.1 Å². The molecular weight excluding hydrogens is 654 g/mol. The van der Waals surface area contributed by atoms with E-state index in [1.54, 1.807) is 13.8 Å². The number of hydrogen-bond acceptors (Lipinski definition) is 5. The number of Topliss-reactive ketones (excluding diaryl/α,β-unsaturated/α-hetero) is 1. The van der Waals surface area contributed by atoms with Crippen LogP contribution < -0.4 is 5.32 Å². The SMILES string of the molecule is CC(C)C1C(=O)C[C@]2(NC(=O)N3CCC(F)(F)CC3)CC[C@]3(C)C(=C12)CCC1[C@@]2(C)CC[C@H](OC(=O)CC(C)(C)C(=O)O)C(C)(C)C2CC[C@]13C. The summed E-state index contributed by atoms with van der Waals surface area (Å²) in [4.78, 5) is 54.0. The Balaban J connectivity index is 1.30. The van der Waals surface area contributed by atoms with Crippen molar-refractivity contribution >= 4 is 23.8 Å². The van der Waals surface area contributed by atoms with E-state index in [9.17, 15) is 33.1 Å². The zero-order chi connectivity index (χ0) is 37.7. The topological polar surface area (TPSA) is 113 Å². The van der Waals surface area contributed by atoms with Crippen molar-refractivity contribution < 1.29 is 37.8 Å². The second-order valence-corrected chi connectivity index (χ2v) is 19.8. The van der Waals surface area contributed by atoms with Crippen molar-refractivity contribution in [2.45, 2.75) is 157 Å². The van der Waals surface area contributed by atoms with E-state index in [4.69, 9.17) is 4.74 Å². The normalized spacial score (nSPS) is 40.2. The maximum atomic E-state index is 14.0. The van der Waals surface area contributed by atoms with E-state index >= 15 is 0 Å². The number of ketones is 1. The van der Waals surface area contributed by atoms with Gasteiger partial charge in [0, 0.05) is 43.7 Å². The lowest BCUT2D eigenvalue weighted by molar-refractivity contribution is -0.214. The van der Waals surface area contributed by atoms with E-state index in [0.29, 0.717) is 18.3 Å². The minimum atomic E-state index is -2.75. The molecule has 8 nitrogen and oxygen atoms in total. The number of rotatable bonds is 6. The summed E-state index contributed by atoms with van der Waals surface area (Å²) in [6, 6.07) is -0.330. The molecule has 0 aromatic carbocycles. The molecule has 0 bridgehead atoms. The van der Waals surface area contributed by atoms with E-state index in [2.05, 4.69) is 53.8 Å². The average Bonchev–Trinajstić information content (AvgIpc) is 3.30. The van der Waals surface area contributed by atoms with Gasteiger partial charge in [0.25, 0.3) is 5.92 Å². The minimum absolute atomic E-state index is 0.000963. The van der Waals surface area contributed by atoms with Gasteiger partial charge in [-0.1, -0.05) is 54.0 Å². The van der Waals surface area contributed by atoms with Gasteiger partial charge >= 0.3 is 18.0 Å². The van der Waals surface area contributed by atoms with E-state index in [0.717, 1.165) is 50.5 Å². The zero-order valence-corrected chi connectivity index (χ0v) is 32.5. The van der Waals surface area contributed by atoms with Gasteiger partial charge in [-0.05, 0) is 105 Å². The molecule has 1 saturated heterocycles. The number of ether oxygens (including phenoxy) is 1. The predicted molar refractivity (Wildman–Crippen MR) is 190 cm³/mol. The number of halogens is 2. The quantitative estimate of drug-likeness (QED) is 0.210. The van der Waals surface area contributed by atoms with Crippen molar-refractivity contribution in [1.29, 1.82) is 0 Å². The standard InChI is InChI=1S/C41H62F2N2O6/c1-24(2)31-26(46)22-40(44-34(50)45-20-18-41(42,43)19-21-45)17-16-38(8)25(32(31)40)10-11-28-37(7)14-13-29(51-30(47)23-35(3,4)33(48)49)36(5,6)27(37)12-15-39(28,38)9/h24,27-29,31H,10-23H2,1-9H3,(H,44,50)(H,48,49)/t27?,28?,29-,31?,37-,38+,39+,40+/m0/s1. The highest BCUT2D eigenvalue weighted by atomic mass is 19.3. The third-order valence-electron chi connectivity index (χ3n) is 15.9. The van der Waals surface area contributed by atoms with Crippen LogP contribution in [0.2, 0.25) is 0 Å². The zero-order valence-electron chi connectivity index (χ0n) is 32.5. The number of nitrogens with one attached hydrogen (secondary N) is 1. The van der Waals surface area contributed by atoms with Crippen molar-refractivity contribution in [1.82, 2.24) is 10.2 Å². The molecule has 4 saturated carbocycles. The largest absolute Gasteiger partial charge is 0.481 e. The molecule has 3 unspecified atom stereocenters. The molecule has 1 aliphatic heterocycles. The van der Waals surface area contributed by atoms with E-state index in [-0.39, 0.29) is 90.2 Å². The number of nitrogens with zero attached hydrogens (tertiary/aromatic N) is 1. The van der Waals surface area contributed by atoms with Crippen LogP contribution in [0.15, 0.2) is 11.1 Å². The molecule has 2 N–H and O–H groups in total. The first-order chi connectivity index (χ1) is 23.4. The molecule has 6 rings (SSSR count). The van der Waals surface area contributed by atoms with Crippen LogP contribution in [-0.4, -0.2) is 64.4 Å². The van der Waals surface area contributed by atoms with Crippen LogP contribution in [0.25, 0.3) is 0 Å². The highest BCUT2D eigenvalue weighted by Crippen LogP contribution is 2.75. The molecule has 5 fully saturated rings. The second kappa shape index (κ2) is 12.3. The summed E-state index contributed by atoms with van der Waals surface area (Å²) in [7, 11) is 0. The molecule has 2 amide bonds. The van der Waals surface area contributed by atoms with Gasteiger partial charge in [0.15, 0.2) is 0 Å². The van der Waals surface area contributed by atoms with Gasteiger partial charge in [0.1, 0.15) is 11.9 Å². The van der Waals surface area contributed by atoms with Crippen molar-refractivity contribution in [3.63, 3.8) is 0 Å². The first-order valence-electron chi connectivity index (χ1n) is 19.6. The number of alkyl halides is 2. The van der Waals surface area contributed by atoms with E-state index < -0.39 is 28.8 Å². The van der Waals surface area contributed by atoms with Gasteiger partial charge in [-0.2, -0.15) is 0 Å². The summed E-state index contributed by atoms with van der Waals surface area (Å²) in [6.07, 6.45) is 6.13. The highest BCUT2D eigenvalue weighted by Gasteiger charge is 2.69. The fourth-order valence-electron chi connectivity index (χ4n) is 12.8. The van der Waals surface area contributed by atoms with Gasteiger partial charge in [-0.25, -0.2) is 13.6 Å². The predicted octanol–water partition coefficient (Wildman–Crippen LogP) is 8.57. The van der Waals surface area contributed by atoms with Gasteiger partial charge in [-0.15, -0.1) is 0 Å².